The summed E-state index contributed by atoms with van der Waals surface area (Å²) < 4.78 is 0. The first-order chi connectivity index (χ1) is 7.93. The molecule has 90 valence electrons. The molecule has 1 aromatic rings. The lowest BCUT2D eigenvalue weighted by Crippen LogP contribution is -2.17. The predicted octanol–water partition coefficient (Wildman–Crippen LogP) is 3.43. The number of carbonyl (C=O) groups excluding carboxylic acids is 1. The number of carbonyl (C=O) groups is 1. The van der Waals surface area contributed by atoms with Crippen LogP contribution in [0.5, 0.6) is 0 Å². The SMILES string of the molecule is CC(=O)C1(c2ccc3c(c2)CC(C)(C)C3)CC1. The summed E-state index contributed by atoms with van der Waals surface area (Å²) >= 11 is 0. The molecule has 0 atom stereocenters. The molecule has 0 saturated heterocycles. The van der Waals surface area contributed by atoms with Crippen molar-refractivity contribution in [3.8, 4) is 0 Å². The molecular formula is C16H20O. The largest absolute Gasteiger partial charge is 0.299 e. The molecule has 0 unspecified atom stereocenters. The van der Waals surface area contributed by atoms with Gasteiger partial charge in [0.25, 0.3) is 0 Å². The third-order valence-electron chi connectivity index (χ3n) is 4.52. The zero-order valence-electron chi connectivity index (χ0n) is 11.0. The molecule has 3 rings (SSSR count). The second kappa shape index (κ2) is 3.22. The lowest BCUT2D eigenvalue weighted by atomic mass is 9.89. The van der Waals surface area contributed by atoms with Crippen LogP contribution < -0.4 is 0 Å². The van der Waals surface area contributed by atoms with Crippen molar-refractivity contribution < 1.29 is 4.79 Å². The summed E-state index contributed by atoms with van der Waals surface area (Å²) in [6.45, 7) is 6.39. The van der Waals surface area contributed by atoms with Gasteiger partial charge in [-0.3, -0.25) is 4.79 Å². The van der Waals surface area contributed by atoms with Gasteiger partial charge in [-0.05, 0) is 54.7 Å². The van der Waals surface area contributed by atoms with Crippen molar-refractivity contribution in [2.24, 2.45) is 5.41 Å². The van der Waals surface area contributed by atoms with Gasteiger partial charge in [0, 0.05) is 0 Å². The van der Waals surface area contributed by atoms with Crippen molar-refractivity contribution in [3.63, 3.8) is 0 Å². The van der Waals surface area contributed by atoms with Crippen LogP contribution in [0.1, 0.15) is 50.3 Å². The Morgan fingerprint density at radius 1 is 1.12 bits per heavy atom. The molecule has 0 N–H and O–H groups in total. The fourth-order valence-corrected chi connectivity index (χ4v) is 3.32. The highest BCUT2D eigenvalue weighted by molar-refractivity contribution is 5.91. The van der Waals surface area contributed by atoms with Crippen LogP contribution >= 0.6 is 0 Å². The van der Waals surface area contributed by atoms with E-state index in [1.165, 1.54) is 23.1 Å². The molecule has 0 heterocycles. The molecule has 0 aliphatic heterocycles. The van der Waals surface area contributed by atoms with Crippen LogP contribution in [0.2, 0.25) is 0 Å². The third kappa shape index (κ3) is 1.64. The van der Waals surface area contributed by atoms with E-state index in [-0.39, 0.29) is 5.41 Å². The Balaban J connectivity index is 1.99. The number of hydrogen-bond donors (Lipinski definition) is 0. The maximum atomic E-state index is 11.8. The van der Waals surface area contributed by atoms with Crippen molar-refractivity contribution in [1.82, 2.24) is 0 Å². The van der Waals surface area contributed by atoms with Gasteiger partial charge >= 0.3 is 0 Å². The van der Waals surface area contributed by atoms with E-state index >= 15 is 0 Å². The minimum absolute atomic E-state index is 0.109. The van der Waals surface area contributed by atoms with Gasteiger partial charge in [0.2, 0.25) is 0 Å². The van der Waals surface area contributed by atoms with Gasteiger partial charge in [-0.1, -0.05) is 32.0 Å². The normalized spacial score (nSPS) is 23.2. The van der Waals surface area contributed by atoms with E-state index < -0.39 is 0 Å². The molecule has 0 bridgehead atoms. The van der Waals surface area contributed by atoms with E-state index in [0.717, 1.165) is 19.3 Å². The highest BCUT2D eigenvalue weighted by atomic mass is 16.1. The van der Waals surface area contributed by atoms with E-state index in [0.29, 0.717) is 11.2 Å². The Labute approximate surface area is 103 Å². The van der Waals surface area contributed by atoms with Gasteiger partial charge < -0.3 is 0 Å². The van der Waals surface area contributed by atoms with Crippen molar-refractivity contribution >= 4 is 5.78 Å². The van der Waals surface area contributed by atoms with Crippen LogP contribution in [-0.2, 0) is 23.1 Å². The summed E-state index contributed by atoms with van der Waals surface area (Å²) in [5.41, 5.74) is 4.51. The molecule has 17 heavy (non-hydrogen) atoms. The summed E-state index contributed by atoms with van der Waals surface area (Å²) in [5.74, 6) is 0.342. The summed E-state index contributed by atoms with van der Waals surface area (Å²) in [5, 5.41) is 0. The topological polar surface area (TPSA) is 17.1 Å². The zero-order chi connectivity index (χ0) is 12.3. The van der Waals surface area contributed by atoms with Gasteiger partial charge in [0.1, 0.15) is 5.78 Å². The van der Waals surface area contributed by atoms with Gasteiger partial charge in [0.05, 0.1) is 5.41 Å². The van der Waals surface area contributed by atoms with E-state index in [4.69, 9.17) is 0 Å². The molecular weight excluding hydrogens is 208 g/mol. The Morgan fingerprint density at radius 3 is 2.35 bits per heavy atom. The number of benzene rings is 1. The molecule has 2 aliphatic carbocycles. The smallest absolute Gasteiger partial charge is 0.140 e. The number of Topliss-reactive ketones (excluding diaryl/α,β-unsaturated/α-hetero) is 1. The number of hydrogen-bond acceptors (Lipinski definition) is 1. The average molecular weight is 228 g/mol. The second-order valence-electron chi connectivity index (χ2n) is 6.64. The van der Waals surface area contributed by atoms with E-state index in [9.17, 15) is 4.79 Å². The van der Waals surface area contributed by atoms with Gasteiger partial charge in [-0.15, -0.1) is 0 Å². The van der Waals surface area contributed by atoms with Crippen LogP contribution in [0.3, 0.4) is 0 Å². The standard InChI is InChI=1S/C16H20O/c1-11(17)16(6-7-16)14-5-4-12-9-15(2,3)10-13(12)8-14/h4-5,8H,6-7,9-10H2,1-3H3. The molecule has 0 aromatic heterocycles. The van der Waals surface area contributed by atoms with E-state index in [1.807, 2.05) is 0 Å². The van der Waals surface area contributed by atoms with Gasteiger partial charge in [-0.2, -0.15) is 0 Å². The van der Waals surface area contributed by atoms with Crippen molar-refractivity contribution in [2.75, 3.05) is 0 Å². The molecule has 1 saturated carbocycles. The minimum atomic E-state index is -0.109. The molecule has 0 radical (unpaired) electrons. The lowest BCUT2D eigenvalue weighted by molar-refractivity contribution is -0.119. The number of ketones is 1. The van der Waals surface area contributed by atoms with Crippen LogP contribution in [0.4, 0.5) is 0 Å². The van der Waals surface area contributed by atoms with Crippen molar-refractivity contribution in [3.05, 3.63) is 34.9 Å². The highest BCUT2D eigenvalue weighted by Crippen LogP contribution is 2.50. The third-order valence-corrected chi connectivity index (χ3v) is 4.52. The van der Waals surface area contributed by atoms with E-state index in [2.05, 4.69) is 32.0 Å². The number of rotatable bonds is 2. The van der Waals surface area contributed by atoms with Crippen LogP contribution in [-0.4, -0.2) is 5.78 Å². The molecule has 2 aliphatic rings. The highest BCUT2D eigenvalue weighted by Gasteiger charge is 2.49. The fraction of sp³-hybridized carbons (Fsp3) is 0.562. The van der Waals surface area contributed by atoms with E-state index in [1.54, 1.807) is 6.92 Å². The Hall–Kier alpha value is -1.11. The predicted molar refractivity (Wildman–Crippen MR) is 69.2 cm³/mol. The first-order valence-corrected chi connectivity index (χ1v) is 6.56. The maximum Gasteiger partial charge on any atom is 0.140 e. The number of fused-ring (bicyclic) bond motifs is 1. The molecule has 1 fully saturated rings. The summed E-state index contributed by atoms with van der Waals surface area (Å²) in [6.07, 6.45) is 4.43. The summed E-state index contributed by atoms with van der Waals surface area (Å²) in [6, 6.07) is 6.75. The summed E-state index contributed by atoms with van der Waals surface area (Å²) in [7, 11) is 0. The van der Waals surface area contributed by atoms with Crippen molar-refractivity contribution in [2.45, 2.75) is 51.9 Å². The lowest BCUT2D eigenvalue weighted by Gasteiger charge is -2.15. The molecule has 1 nitrogen and oxygen atoms in total. The quantitative estimate of drug-likeness (QED) is 0.758. The van der Waals surface area contributed by atoms with Gasteiger partial charge in [0.15, 0.2) is 0 Å². The Bertz CT molecular complexity index is 492. The first kappa shape index (κ1) is 11.0. The minimum Gasteiger partial charge on any atom is -0.299 e. The Kier molecular flexibility index (Phi) is 2.08. The van der Waals surface area contributed by atoms with Gasteiger partial charge in [-0.25, -0.2) is 0 Å². The van der Waals surface area contributed by atoms with Crippen LogP contribution in [0.15, 0.2) is 18.2 Å². The fourth-order valence-electron chi connectivity index (χ4n) is 3.32. The van der Waals surface area contributed by atoms with Crippen LogP contribution in [0.25, 0.3) is 0 Å². The molecule has 0 amide bonds. The van der Waals surface area contributed by atoms with Crippen LogP contribution in [0, 0.1) is 5.41 Å². The van der Waals surface area contributed by atoms with Crippen molar-refractivity contribution in [1.29, 1.82) is 0 Å². The molecule has 1 heteroatoms. The Morgan fingerprint density at radius 2 is 1.76 bits per heavy atom. The molecule has 1 aromatic carbocycles. The summed E-state index contributed by atoms with van der Waals surface area (Å²) in [4.78, 5) is 11.8. The average Bonchev–Trinajstić information content (AvgIpc) is 2.95. The molecule has 0 spiro atoms. The maximum absolute atomic E-state index is 11.8. The monoisotopic (exact) mass is 228 g/mol. The first-order valence-electron chi connectivity index (χ1n) is 6.56. The second-order valence-corrected chi connectivity index (χ2v) is 6.64. The zero-order valence-corrected chi connectivity index (χ0v) is 11.0.